The van der Waals surface area contributed by atoms with E-state index in [0.717, 1.165) is 52.4 Å². The van der Waals surface area contributed by atoms with E-state index >= 15 is 0 Å². The number of nitrogens with one attached hydrogen (secondary N) is 3. The van der Waals surface area contributed by atoms with Crippen LogP contribution in [0.2, 0.25) is 0 Å². The van der Waals surface area contributed by atoms with E-state index in [-0.39, 0.29) is 0 Å². The Labute approximate surface area is 93.8 Å². The maximum absolute atomic E-state index is 5.45. The summed E-state index contributed by atoms with van der Waals surface area (Å²) in [4.78, 5) is 2.24. The molecular weight excluding hydrogens is 190 g/mol. The molecule has 0 aliphatic heterocycles. The monoisotopic (exact) mass is 217 g/mol. The highest BCUT2D eigenvalue weighted by Crippen LogP contribution is 1.76. The molecule has 0 saturated heterocycles. The van der Waals surface area contributed by atoms with Crippen molar-refractivity contribution in [3.63, 3.8) is 0 Å². The van der Waals surface area contributed by atoms with Crippen molar-refractivity contribution in [1.29, 1.82) is 0 Å². The van der Waals surface area contributed by atoms with Gasteiger partial charge in [-0.1, -0.05) is 0 Å². The molecule has 15 heavy (non-hydrogen) atoms. The van der Waals surface area contributed by atoms with Crippen LogP contribution in [0.1, 0.15) is 0 Å². The molecule has 0 unspecified atom stereocenters. The minimum Gasteiger partial charge on any atom is -0.329 e. The third kappa shape index (κ3) is 11.7. The quantitative estimate of drug-likeness (QED) is 0.310. The van der Waals surface area contributed by atoms with Gasteiger partial charge >= 0.3 is 0 Å². The predicted octanol–water partition coefficient (Wildman–Crippen LogP) is -1.72. The molecule has 0 aliphatic rings. The lowest BCUT2D eigenvalue weighted by atomic mass is 10.5. The summed E-state index contributed by atoms with van der Waals surface area (Å²) in [6.45, 7) is 7.93. The Bertz CT molecular complexity index is 120. The van der Waals surface area contributed by atoms with Crippen LogP contribution in [0.5, 0.6) is 0 Å². The highest BCUT2D eigenvalue weighted by Gasteiger charge is 1.94. The topological polar surface area (TPSA) is 65.3 Å². The Morgan fingerprint density at radius 1 is 0.933 bits per heavy atom. The van der Waals surface area contributed by atoms with E-state index < -0.39 is 0 Å². The third-order valence-corrected chi connectivity index (χ3v) is 2.21. The van der Waals surface area contributed by atoms with Crippen molar-refractivity contribution in [1.82, 2.24) is 20.9 Å². The molecule has 0 fully saturated rings. The molecule has 0 spiro atoms. The molecule has 0 aliphatic carbocycles. The normalized spacial score (nSPS) is 11.2. The lowest BCUT2D eigenvalue weighted by molar-refractivity contribution is 0.340. The molecule has 5 heteroatoms. The zero-order valence-electron chi connectivity index (χ0n) is 10.2. The number of rotatable bonds is 11. The van der Waals surface area contributed by atoms with Gasteiger partial charge < -0.3 is 26.6 Å². The van der Waals surface area contributed by atoms with Crippen molar-refractivity contribution in [2.45, 2.75) is 0 Å². The van der Waals surface area contributed by atoms with Gasteiger partial charge in [-0.3, -0.25) is 0 Å². The van der Waals surface area contributed by atoms with Gasteiger partial charge in [-0.05, 0) is 14.1 Å². The van der Waals surface area contributed by atoms with Crippen molar-refractivity contribution in [3.05, 3.63) is 0 Å². The number of nitrogens with two attached hydrogens (primary N) is 1. The van der Waals surface area contributed by atoms with Crippen LogP contribution in [0, 0.1) is 0 Å². The fourth-order valence-corrected chi connectivity index (χ4v) is 1.24. The standard InChI is InChI=1S/C10H27N5/c1-12-4-5-13-6-7-14-8-10-15(2)9-3-11/h12-14H,3-11H2,1-2H3. The first kappa shape index (κ1) is 14.8. The van der Waals surface area contributed by atoms with Crippen molar-refractivity contribution in [3.8, 4) is 0 Å². The fourth-order valence-electron chi connectivity index (χ4n) is 1.24. The first-order valence-corrected chi connectivity index (χ1v) is 5.76. The second-order valence-electron chi connectivity index (χ2n) is 3.70. The average Bonchev–Trinajstić information content (AvgIpc) is 2.22. The minimum absolute atomic E-state index is 0.738. The molecular formula is C10H27N5. The summed E-state index contributed by atoms with van der Waals surface area (Å²) in [5.41, 5.74) is 5.45. The van der Waals surface area contributed by atoms with Crippen LogP contribution >= 0.6 is 0 Å². The van der Waals surface area contributed by atoms with Crippen LogP contribution in [0.4, 0.5) is 0 Å². The SMILES string of the molecule is CNCCNCCNCCN(C)CCN. The molecule has 0 rings (SSSR count). The smallest absolute Gasteiger partial charge is 0.0104 e. The van der Waals surface area contributed by atoms with E-state index in [0.29, 0.717) is 0 Å². The Morgan fingerprint density at radius 2 is 1.53 bits per heavy atom. The minimum atomic E-state index is 0.738. The summed E-state index contributed by atoms with van der Waals surface area (Å²) in [6, 6.07) is 0. The molecule has 0 amide bonds. The number of hydrogen-bond acceptors (Lipinski definition) is 5. The first-order chi connectivity index (χ1) is 7.31. The second-order valence-corrected chi connectivity index (χ2v) is 3.70. The molecule has 0 atom stereocenters. The highest BCUT2D eigenvalue weighted by molar-refractivity contribution is 4.57. The largest absolute Gasteiger partial charge is 0.329 e. The Morgan fingerprint density at radius 3 is 2.13 bits per heavy atom. The molecule has 0 heterocycles. The number of hydrogen-bond donors (Lipinski definition) is 4. The van der Waals surface area contributed by atoms with E-state index in [4.69, 9.17) is 5.73 Å². The van der Waals surface area contributed by atoms with Gasteiger partial charge in [-0.15, -0.1) is 0 Å². The number of likely N-dealkylation sites (N-methyl/N-ethyl adjacent to an activating group) is 2. The Hall–Kier alpha value is -0.200. The van der Waals surface area contributed by atoms with Gasteiger partial charge in [0.2, 0.25) is 0 Å². The van der Waals surface area contributed by atoms with Crippen molar-refractivity contribution < 1.29 is 0 Å². The average molecular weight is 217 g/mol. The summed E-state index contributed by atoms with van der Waals surface area (Å²) in [5, 5.41) is 9.82. The summed E-state index contributed by atoms with van der Waals surface area (Å²) in [6.07, 6.45) is 0. The van der Waals surface area contributed by atoms with Crippen LogP contribution in [0.3, 0.4) is 0 Å². The van der Waals surface area contributed by atoms with Crippen LogP contribution in [-0.2, 0) is 0 Å². The Kier molecular flexibility index (Phi) is 11.7. The summed E-state index contributed by atoms with van der Waals surface area (Å²) in [7, 11) is 4.06. The molecule has 0 radical (unpaired) electrons. The molecule has 0 aromatic carbocycles. The maximum atomic E-state index is 5.45. The summed E-state index contributed by atoms with van der Waals surface area (Å²) < 4.78 is 0. The molecule has 0 aromatic heterocycles. The van der Waals surface area contributed by atoms with Crippen molar-refractivity contribution in [2.75, 3.05) is 66.5 Å². The van der Waals surface area contributed by atoms with Crippen LogP contribution in [0.25, 0.3) is 0 Å². The third-order valence-electron chi connectivity index (χ3n) is 2.21. The molecule has 0 saturated carbocycles. The molecule has 92 valence electrons. The Balaban J connectivity index is 2.98. The van der Waals surface area contributed by atoms with Crippen LogP contribution < -0.4 is 21.7 Å². The molecule has 5 nitrogen and oxygen atoms in total. The number of nitrogens with zero attached hydrogens (tertiary/aromatic N) is 1. The van der Waals surface area contributed by atoms with Gasteiger partial charge in [0.15, 0.2) is 0 Å². The van der Waals surface area contributed by atoms with E-state index in [1.54, 1.807) is 0 Å². The zero-order valence-corrected chi connectivity index (χ0v) is 10.2. The zero-order chi connectivity index (χ0) is 11.4. The second kappa shape index (κ2) is 11.9. The van der Waals surface area contributed by atoms with Gasteiger partial charge in [0.1, 0.15) is 0 Å². The van der Waals surface area contributed by atoms with E-state index in [1.165, 1.54) is 0 Å². The van der Waals surface area contributed by atoms with Gasteiger partial charge in [-0.25, -0.2) is 0 Å². The summed E-state index contributed by atoms with van der Waals surface area (Å²) in [5.74, 6) is 0. The van der Waals surface area contributed by atoms with E-state index in [9.17, 15) is 0 Å². The van der Waals surface area contributed by atoms with Crippen LogP contribution in [-0.4, -0.2) is 71.4 Å². The van der Waals surface area contributed by atoms with E-state index in [2.05, 4.69) is 27.9 Å². The molecule has 0 bridgehead atoms. The lowest BCUT2D eigenvalue weighted by Crippen LogP contribution is -2.36. The van der Waals surface area contributed by atoms with Gasteiger partial charge in [-0.2, -0.15) is 0 Å². The highest BCUT2D eigenvalue weighted by atomic mass is 15.1. The van der Waals surface area contributed by atoms with Crippen LogP contribution in [0.15, 0.2) is 0 Å². The summed E-state index contributed by atoms with van der Waals surface area (Å²) >= 11 is 0. The van der Waals surface area contributed by atoms with Gasteiger partial charge in [0.25, 0.3) is 0 Å². The van der Waals surface area contributed by atoms with Crippen molar-refractivity contribution in [2.24, 2.45) is 5.73 Å². The lowest BCUT2D eigenvalue weighted by Gasteiger charge is -2.15. The first-order valence-electron chi connectivity index (χ1n) is 5.76. The fraction of sp³-hybridized carbons (Fsp3) is 1.00. The molecule has 5 N–H and O–H groups in total. The van der Waals surface area contributed by atoms with E-state index in [1.807, 2.05) is 7.05 Å². The van der Waals surface area contributed by atoms with Gasteiger partial charge in [0, 0.05) is 52.4 Å². The van der Waals surface area contributed by atoms with Crippen molar-refractivity contribution >= 4 is 0 Å². The van der Waals surface area contributed by atoms with Gasteiger partial charge in [0.05, 0.1) is 0 Å². The maximum Gasteiger partial charge on any atom is 0.0104 e. The molecule has 0 aromatic rings. The predicted molar refractivity (Wildman–Crippen MR) is 66.2 cm³/mol.